The molecule has 0 aliphatic carbocycles. The van der Waals surface area contributed by atoms with E-state index in [2.05, 4.69) is 15.2 Å². The van der Waals surface area contributed by atoms with E-state index in [1.807, 2.05) is 7.05 Å². The molecule has 0 aromatic carbocycles. The van der Waals surface area contributed by atoms with Gasteiger partial charge >= 0.3 is 99.1 Å². The van der Waals surface area contributed by atoms with Gasteiger partial charge in [0.15, 0.2) is 0 Å². The second-order valence-corrected chi connectivity index (χ2v) is 5.25. The molecule has 86 valence electrons. The average Bonchev–Trinajstić information content (AvgIpc) is 2.67. The molecule has 0 radical (unpaired) electrons. The first-order chi connectivity index (χ1) is 7.76. The maximum atomic E-state index is 13.4. The van der Waals surface area contributed by atoms with Gasteiger partial charge in [0.05, 0.1) is 0 Å². The summed E-state index contributed by atoms with van der Waals surface area (Å²) in [6.07, 6.45) is 0.946. The SMILES string of the molecule is CNCCc1c[se]c2nc(F)c(OC)cc12. The van der Waals surface area contributed by atoms with Gasteiger partial charge in [-0.25, -0.2) is 0 Å². The second kappa shape index (κ2) is 4.95. The van der Waals surface area contributed by atoms with Crippen LogP contribution in [0.25, 0.3) is 9.78 Å². The molecule has 16 heavy (non-hydrogen) atoms. The summed E-state index contributed by atoms with van der Waals surface area (Å²) in [6, 6.07) is 1.76. The zero-order chi connectivity index (χ0) is 11.5. The molecule has 2 heterocycles. The van der Waals surface area contributed by atoms with E-state index in [1.54, 1.807) is 6.07 Å². The number of halogens is 1. The molecule has 0 amide bonds. The number of likely N-dealkylation sites (N-methyl/N-ethyl adjacent to an activating group) is 1. The molecule has 2 aromatic rings. The first-order valence-corrected chi connectivity index (χ1v) is 6.86. The van der Waals surface area contributed by atoms with Crippen molar-refractivity contribution in [2.24, 2.45) is 0 Å². The van der Waals surface area contributed by atoms with Gasteiger partial charge in [-0.3, -0.25) is 0 Å². The van der Waals surface area contributed by atoms with Gasteiger partial charge in [-0.2, -0.15) is 0 Å². The Hall–Kier alpha value is -0.901. The maximum absolute atomic E-state index is 13.4. The Morgan fingerprint density at radius 3 is 3.06 bits per heavy atom. The third kappa shape index (κ3) is 2.12. The Bertz CT molecular complexity index is 498. The molecule has 0 spiro atoms. The number of hydrogen-bond donors (Lipinski definition) is 1. The summed E-state index contributed by atoms with van der Waals surface area (Å²) < 4.78 is 19.2. The molecule has 0 unspecified atom stereocenters. The van der Waals surface area contributed by atoms with Crippen molar-refractivity contribution in [3.8, 4) is 5.75 Å². The van der Waals surface area contributed by atoms with Crippen LogP contribution >= 0.6 is 0 Å². The summed E-state index contributed by atoms with van der Waals surface area (Å²) in [5.41, 5.74) is 1.25. The van der Waals surface area contributed by atoms with Crippen molar-refractivity contribution in [3.63, 3.8) is 0 Å². The van der Waals surface area contributed by atoms with E-state index in [0.29, 0.717) is 0 Å². The fourth-order valence-electron chi connectivity index (χ4n) is 1.56. The van der Waals surface area contributed by atoms with Crippen LogP contribution in [0.3, 0.4) is 0 Å². The van der Waals surface area contributed by atoms with Crippen molar-refractivity contribution >= 4 is 24.3 Å². The van der Waals surface area contributed by atoms with Crippen LogP contribution in [-0.2, 0) is 6.42 Å². The van der Waals surface area contributed by atoms with E-state index >= 15 is 0 Å². The number of ether oxygens (including phenoxy) is 1. The number of nitrogens with one attached hydrogen (secondary N) is 1. The van der Waals surface area contributed by atoms with Crippen LogP contribution in [0.15, 0.2) is 11.0 Å². The van der Waals surface area contributed by atoms with E-state index in [9.17, 15) is 4.39 Å². The molecule has 3 nitrogen and oxygen atoms in total. The molecular formula is C11H13FN2OSe. The fraction of sp³-hybridized carbons (Fsp3) is 0.364. The summed E-state index contributed by atoms with van der Waals surface area (Å²) >= 11 is 0.158. The van der Waals surface area contributed by atoms with Gasteiger partial charge in [0, 0.05) is 0 Å². The van der Waals surface area contributed by atoms with Gasteiger partial charge in [-0.1, -0.05) is 0 Å². The molecule has 0 fully saturated rings. The van der Waals surface area contributed by atoms with Crippen LogP contribution in [-0.4, -0.2) is 40.2 Å². The van der Waals surface area contributed by atoms with Gasteiger partial charge in [0.1, 0.15) is 0 Å². The second-order valence-electron chi connectivity index (χ2n) is 3.45. The Kier molecular flexibility index (Phi) is 3.59. The molecule has 0 bridgehead atoms. The zero-order valence-electron chi connectivity index (χ0n) is 9.21. The van der Waals surface area contributed by atoms with Crippen molar-refractivity contribution in [1.29, 1.82) is 0 Å². The first-order valence-electron chi connectivity index (χ1n) is 5.01. The minimum absolute atomic E-state index is 0.158. The Morgan fingerprint density at radius 2 is 2.38 bits per heavy atom. The van der Waals surface area contributed by atoms with E-state index < -0.39 is 5.95 Å². The number of methoxy groups -OCH3 is 1. The standard InChI is InChI=1S/C11H13FN2OSe/c1-13-4-3-7-6-16-11-8(7)5-9(15-2)10(12)14-11/h5-6,13H,3-4H2,1-2H3. The van der Waals surface area contributed by atoms with Crippen molar-refractivity contribution in [3.05, 3.63) is 22.5 Å². The average molecular weight is 287 g/mol. The molecule has 0 aliphatic rings. The van der Waals surface area contributed by atoms with E-state index in [1.165, 1.54) is 12.7 Å². The van der Waals surface area contributed by atoms with Crippen LogP contribution in [0.5, 0.6) is 5.75 Å². The molecular weight excluding hydrogens is 274 g/mol. The molecule has 1 N–H and O–H groups in total. The van der Waals surface area contributed by atoms with Crippen LogP contribution in [0.4, 0.5) is 4.39 Å². The van der Waals surface area contributed by atoms with Gasteiger partial charge in [0.2, 0.25) is 0 Å². The van der Waals surface area contributed by atoms with E-state index in [0.717, 1.165) is 22.7 Å². The predicted molar refractivity (Wildman–Crippen MR) is 62.8 cm³/mol. The molecule has 5 heteroatoms. The first kappa shape index (κ1) is 11.6. The number of pyridine rings is 1. The normalized spacial score (nSPS) is 10.9. The number of aromatic nitrogens is 1. The Labute approximate surface area is 99.4 Å². The number of nitrogens with zero attached hydrogens (tertiary/aromatic N) is 1. The summed E-state index contributed by atoms with van der Waals surface area (Å²) in [5.74, 6) is -0.279. The zero-order valence-corrected chi connectivity index (χ0v) is 10.9. The van der Waals surface area contributed by atoms with E-state index in [4.69, 9.17) is 4.74 Å². The van der Waals surface area contributed by atoms with Crippen molar-refractivity contribution in [2.75, 3.05) is 20.7 Å². The molecule has 2 aromatic heterocycles. The molecule has 0 atom stereocenters. The third-order valence-corrected chi connectivity index (χ3v) is 4.40. The van der Waals surface area contributed by atoms with Gasteiger partial charge in [-0.05, 0) is 0 Å². The van der Waals surface area contributed by atoms with Crippen LogP contribution < -0.4 is 10.1 Å². The monoisotopic (exact) mass is 288 g/mol. The third-order valence-electron chi connectivity index (χ3n) is 2.43. The van der Waals surface area contributed by atoms with Crippen molar-refractivity contribution < 1.29 is 9.13 Å². The number of hydrogen-bond acceptors (Lipinski definition) is 3. The Balaban J connectivity index is 2.45. The minimum atomic E-state index is -0.508. The van der Waals surface area contributed by atoms with Crippen LogP contribution in [0.1, 0.15) is 5.56 Å². The van der Waals surface area contributed by atoms with Crippen LogP contribution in [0.2, 0.25) is 0 Å². The Morgan fingerprint density at radius 1 is 1.56 bits per heavy atom. The summed E-state index contributed by atoms with van der Waals surface area (Å²) in [6.45, 7) is 0.918. The summed E-state index contributed by atoms with van der Waals surface area (Å²) in [7, 11) is 3.38. The number of rotatable bonds is 4. The van der Waals surface area contributed by atoms with Crippen LogP contribution in [0, 0.1) is 5.95 Å². The molecule has 0 saturated heterocycles. The fourth-order valence-corrected chi connectivity index (χ4v) is 3.55. The topological polar surface area (TPSA) is 34.2 Å². The number of fused-ring (bicyclic) bond motifs is 1. The quantitative estimate of drug-likeness (QED) is 0.678. The molecule has 2 rings (SSSR count). The van der Waals surface area contributed by atoms with Crippen molar-refractivity contribution in [1.82, 2.24) is 10.3 Å². The summed E-state index contributed by atoms with van der Waals surface area (Å²) in [4.78, 5) is 6.11. The molecule has 0 saturated carbocycles. The van der Waals surface area contributed by atoms with Gasteiger partial charge in [0.25, 0.3) is 0 Å². The van der Waals surface area contributed by atoms with Gasteiger partial charge < -0.3 is 0 Å². The van der Waals surface area contributed by atoms with Crippen molar-refractivity contribution in [2.45, 2.75) is 6.42 Å². The molecule has 0 aliphatic heterocycles. The predicted octanol–water partition coefficient (Wildman–Crippen LogP) is 1.20. The van der Waals surface area contributed by atoms with Gasteiger partial charge in [-0.15, -0.1) is 0 Å². The van der Waals surface area contributed by atoms with E-state index in [-0.39, 0.29) is 20.3 Å². The summed E-state index contributed by atoms with van der Waals surface area (Å²) in [5, 5.41) is 4.16.